The molecular weight excluding hydrogens is 268 g/mol. The highest BCUT2D eigenvalue weighted by Crippen LogP contribution is 2.26. The van der Waals surface area contributed by atoms with Crippen molar-refractivity contribution in [3.63, 3.8) is 0 Å². The molecule has 2 aromatic carbocycles. The molecule has 0 atom stereocenters. The Morgan fingerprint density at radius 1 is 1.19 bits per heavy atom. The number of non-ortho nitro benzene ring substituents is 1. The zero-order valence-electron chi connectivity index (χ0n) is 11.9. The van der Waals surface area contributed by atoms with Gasteiger partial charge in [-0.05, 0) is 18.9 Å². The Hall–Kier alpha value is -2.56. The van der Waals surface area contributed by atoms with Crippen molar-refractivity contribution in [3.05, 3.63) is 64.2 Å². The van der Waals surface area contributed by atoms with Gasteiger partial charge in [-0.3, -0.25) is 10.1 Å². The van der Waals surface area contributed by atoms with Gasteiger partial charge in [0.2, 0.25) is 0 Å². The zero-order chi connectivity index (χ0) is 15.1. The highest BCUT2D eigenvalue weighted by Gasteiger charge is 2.10. The van der Waals surface area contributed by atoms with E-state index in [1.165, 1.54) is 17.7 Å². The Morgan fingerprint density at radius 3 is 2.62 bits per heavy atom. The van der Waals surface area contributed by atoms with Crippen LogP contribution in [0.4, 0.5) is 11.4 Å². The summed E-state index contributed by atoms with van der Waals surface area (Å²) in [4.78, 5) is 10.5. The van der Waals surface area contributed by atoms with Gasteiger partial charge in [-0.15, -0.1) is 0 Å². The maximum absolute atomic E-state index is 10.9. The summed E-state index contributed by atoms with van der Waals surface area (Å²) in [7, 11) is 0. The Bertz CT molecular complexity index is 600. The number of nitrogens with zero attached hydrogens (tertiary/aromatic N) is 1. The first-order valence-electron chi connectivity index (χ1n) is 6.89. The van der Waals surface area contributed by atoms with Crippen LogP contribution in [-0.2, 0) is 6.42 Å². The molecule has 0 heterocycles. The Kier molecular flexibility index (Phi) is 5.15. The average molecular weight is 286 g/mol. The number of nitro benzene ring substituents is 1. The molecule has 0 spiro atoms. The minimum absolute atomic E-state index is 0.0307. The quantitative estimate of drug-likeness (QED) is 0.623. The standard InChI is InChI=1S/C16H18N2O3/c1-2-21-16-11-14(10-15(12-16)18(19)20)17-9-8-13-6-4-3-5-7-13/h3-7,10-12,17H,2,8-9H2,1H3. The summed E-state index contributed by atoms with van der Waals surface area (Å²) in [5.41, 5.74) is 1.95. The number of nitrogens with one attached hydrogen (secondary N) is 1. The lowest BCUT2D eigenvalue weighted by molar-refractivity contribution is -0.384. The third-order valence-electron chi connectivity index (χ3n) is 3.00. The molecule has 5 nitrogen and oxygen atoms in total. The fourth-order valence-corrected chi connectivity index (χ4v) is 2.04. The number of benzene rings is 2. The monoisotopic (exact) mass is 286 g/mol. The highest BCUT2D eigenvalue weighted by molar-refractivity contribution is 5.56. The molecule has 5 heteroatoms. The minimum atomic E-state index is -0.412. The van der Waals surface area contributed by atoms with Gasteiger partial charge in [0.25, 0.3) is 5.69 Å². The minimum Gasteiger partial charge on any atom is -0.494 e. The third-order valence-corrected chi connectivity index (χ3v) is 3.00. The van der Waals surface area contributed by atoms with E-state index in [2.05, 4.69) is 17.4 Å². The van der Waals surface area contributed by atoms with Crippen molar-refractivity contribution in [2.45, 2.75) is 13.3 Å². The van der Waals surface area contributed by atoms with Crippen LogP contribution in [0.5, 0.6) is 5.75 Å². The fraction of sp³-hybridized carbons (Fsp3) is 0.250. The fourth-order valence-electron chi connectivity index (χ4n) is 2.04. The van der Waals surface area contributed by atoms with Crippen LogP contribution in [0.1, 0.15) is 12.5 Å². The molecule has 0 radical (unpaired) electrons. The number of ether oxygens (including phenoxy) is 1. The van der Waals surface area contributed by atoms with Gasteiger partial charge in [-0.1, -0.05) is 30.3 Å². The van der Waals surface area contributed by atoms with Crippen LogP contribution in [0.25, 0.3) is 0 Å². The van der Waals surface area contributed by atoms with E-state index in [0.717, 1.165) is 6.42 Å². The van der Waals surface area contributed by atoms with E-state index in [9.17, 15) is 10.1 Å². The van der Waals surface area contributed by atoms with Gasteiger partial charge < -0.3 is 10.1 Å². The summed E-state index contributed by atoms with van der Waals surface area (Å²) in [5, 5.41) is 14.1. The third kappa shape index (κ3) is 4.49. The van der Waals surface area contributed by atoms with Crippen LogP contribution in [0.15, 0.2) is 48.5 Å². The van der Waals surface area contributed by atoms with Gasteiger partial charge in [0.1, 0.15) is 5.75 Å². The summed E-state index contributed by atoms with van der Waals surface area (Å²) in [6, 6.07) is 14.8. The highest BCUT2D eigenvalue weighted by atomic mass is 16.6. The van der Waals surface area contributed by atoms with E-state index in [1.54, 1.807) is 6.07 Å². The topological polar surface area (TPSA) is 64.4 Å². The molecule has 0 saturated heterocycles. The largest absolute Gasteiger partial charge is 0.494 e. The number of hydrogen-bond donors (Lipinski definition) is 1. The number of hydrogen-bond acceptors (Lipinski definition) is 4. The van der Waals surface area contributed by atoms with E-state index >= 15 is 0 Å². The molecule has 0 fully saturated rings. The lowest BCUT2D eigenvalue weighted by Crippen LogP contribution is -2.05. The Labute approximate surface area is 123 Å². The van der Waals surface area contributed by atoms with Crippen LogP contribution in [0.3, 0.4) is 0 Å². The molecule has 110 valence electrons. The Balaban J connectivity index is 2.03. The van der Waals surface area contributed by atoms with E-state index < -0.39 is 4.92 Å². The summed E-state index contributed by atoms with van der Waals surface area (Å²) < 4.78 is 5.36. The van der Waals surface area contributed by atoms with Crippen LogP contribution >= 0.6 is 0 Å². The first-order chi connectivity index (χ1) is 10.2. The van der Waals surface area contributed by atoms with E-state index in [4.69, 9.17) is 4.74 Å². The molecule has 0 unspecified atom stereocenters. The Morgan fingerprint density at radius 2 is 1.95 bits per heavy atom. The second-order valence-electron chi connectivity index (χ2n) is 4.57. The van der Waals surface area contributed by atoms with Crippen molar-refractivity contribution >= 4 is 11.4 Å². The summed E-state index contributed by atoms with van der Waals surface area (Å²) >= 11 is 0. The molecular formula is C16H18N2O3. The molecule has 1 N–H and O–H groups in total. The number of nitro groups is 1. The first kappa shape index (κ1) is 14.8. The summed E-state index contributed by atoms with van der Waals surface area (Å²) in [6.07, 6.45) is 0.855. The molecule has 2 aromatic rings. The molecule has 0 aliphatic heterocycles. The molecule has 0 aliphatic rings. The second kappa shape index (κ2) is 7.28. The summed E-state index contributed by atoms with van der Waals surface area (Å²) in [5.74, 6) is 0.508. The number of rotatable bonds is 7. The molecule has 0 bridgehead atoms. The molecule has 21 heavy (non-hydrogen) atoms. The second-order valence-corrected chi connectivity index (χ2v) is 4.57. The first-order valence-corrected chi connectivity index (χ1v) is 6.89. The lowest BCUT2D eigenvalue weighted by atomic mass is 10.1. The van der Waals surface area contributed by atoms with Crippen molar-refractivity contribution in [3.8, 4) is 5.75 Å². The predicted molar refractivity (Wildman–Crippen MR) is 82.9 cm³/mol. The molecule has 0 saturated carbocycles. The van der Waals surface area contributed by atoms with Crippen molar-refractivity contribution in [2.24, 2.45) is 0 Å². The van der Waals surface area contributed by atoms with Crippen molar-refractivity contribution in [1.29, 1.82) is 0 Å². The molecule has 2 rings (SSSR count). The SMILES string of the molecule is CCOc1cc(NCCc2ccccc2)cc([N+](=O)[O-])c1. The van der Waals surface area contributed by atoms with Crippen molar-refractivity contribution in [1.82, 2.24) is 0 Å². The lowest BCUT2D eigenvalue weighted by Gasteiger charge is -2.09. The van der Waals surface area contributed by atoms with Gasteiger partial charge >= 0.3 is 0 Å². The molecule has 0 aliphatic carbocycles. The maximum atomic E-state index is 10.9. The van der Waals surface area contributed by atoms with Gasteiger partial charge in [0, 0.05) is 24.4 Å². The maximum Gasteiger partial charge on any atom is 0.275 e. The van der Waals surface area contributed by atoms with Gasteiger partial charge in [0.15, 0.2) is 0 Å². The van der Waals surface area contributed by atoms with E-state index in [0.29, 0.717) is 24.6 Å². The van der Waals surface area contributed by atoms with Gasteiger partial charge in [-0.2, -0.15) is 0 Å². The van der Waals surface area contributed by atoms with Crippen LogP contribution in [-0.4, -0.2) is 18.1 Å². The average Bonchev–Trinajstić information content (AvgIpc) is 2.48. The van der Waals surface area contributed by atoms with Crippen LogP contribution in [0.2, 0.25) is 0 Å². The summed E-state index contributed by atoms with van der Waals surface area (Å²) in [6.45, 7) is 3.03. The van der Waals surface area contributed by atoms with Crippen LogP contribution in [0, 0.1) is 10.1 Å². The number of anilines is 1. The van der Waals surface area contributed by atoms with Gasteiger partial charge in [-0.25, -0.2) is 0 Å². The zero-order valence-corrected chi connectivity index (χ0v) is 11.9. The van der Waals surface area contributed by atoms with Crippen LogP contribution < -0.4 is 10.1 Å². The van der Waals surface area contributed by atoms with Crippen molar-refractivity contribution < 1.29 is 9.66 Å². The molecule has 0 amide bonds. The smallest absolute Gasteiger partial charge is 0.275 e. The van der Waals surface area contributed by atoms with E-state index in [-0.39, 0.29) is 5.69 Å². The predicted octanol–water partition coefficient (Wildman–Crippen LogP) is 3.65. The van der Waals surface area contributed by atoms with Gasteiger partial charge in [0.05, 0.1) is 17.6 Å². The normalized spacial score (nSPS) is 10.1. The van der Waals surface area contributed by atoms with Crippen molar-refractivity contribution in [2.75, 3.05) is 18.5 Å². The molecule has 0 aromatic heterocycles. The van der Waals surface area contributed by atoms with E-state index in [1.807, 2.05) is 25.1 Å².